The molecule has 1 atom stereocenters. The third-order valence-electron chi connectivity index (χ3n) is 4.78. The summed E-state index contributed by atoms with van der Waals surface area (Å²) in [6.07, 6.45) is 2.55. The number of Topliss-reactive ketones (excluding diaryl/α,β-unsaturated/α-hetero) is 1. The number of rotatable bonds is 4. The first kappa shape index (κ1) is 16.7. The molecule has 0 saturated heterocycles. The van der Waals surface area contributed by atoms with E-state index < -0.39 is 29.2 Å². The smallest absolute Gasteiger partial charge is 0.173 e. The van der Waals surface area contributed by atoms with Gasteiger partial charge in [0.05, 0.1) is 11.5 Å². The molecular weight excluding hydrogens is 313 g/mol. The number of ketones is 1. The average Bonchev–Trinajstić information content (AvgIpc) is 2.90. The lowest BCUT2D eigenvalue weighted by atomic mass is 9.93. The van der Waals surface area contributed by atoms with E-state index in [9.17, 15) is 18.0 Å². The predicted octanol–water partition coefficient (Wildman–Crippen LogP) is 5.28. The Morgan fingerprint density at radius 2 is 1.79 bits per heavy atom. The van der Waals surface area contributed by atoms with Crippen LogP contribution in [0.25, 0.3) is 0 Å². The molecule has 0 aromatic heterocycles. The average molecular weight is 332 g/mol. The summed E-state index contributed by atoms with van der Waals surface area (Å²) in [5.74, 6) is -3.76. The highest BCUT2D eigenvalue weighted by Crippen LogP contribution is 2.38. The minimum atomic E-state index is -1.01. The third-order valence-corrected chi connectivity index (χ3v) is 4.78. The molecule has 1 aliphatic rings. The molecule has 0 saturated carbocycles. The van der Waals surface area contributed by atoms with Crippen molar-refractivity contribution in [1.29, 1.82) is 0 Å². The van der Waals surface area contributed by atoms with E-state index in [2.05, 4.69) is 0 Å². The molecule has 1 aliphatic carbocycles. The number of aryl methyl sites for hydroxylation is 2. The van der Waals surface area contributed by atoms with Gasteiger partial charge in [-0.25, -0.2) is 13.2 Å². The van der Waals surface area contributed by atoms with Gasteiger partial charge >= 0.3 is 0 Å². The van der Waals surface area contributed by atoms with Gasteiger partial charge in [0, 0.05) is 5.56 Å². The predicted molar refractivity (Wildman–Crippen MR) is 86.9 cm³/mol. The molecular formula is C20H19F3O. The molecule has 3 rings (SSSR count). The lowest BCUT2D eigenvalue weighted by Crippen LogP contribution is -2.12. The molecule has 0 N–H and O–H groups in total. The second kappa shape index (κ2) is 6.42. The molecule has 2 aromatic carbocycles. The number of hydrogen-bond donors (Lipinski definition) is 0. The fraction of sp³-hybridized carbons (Fsp3) is 0.350. The van der Waals surface area contributed by atoms with Crippen LogP contribution in [0.3, 0.4) is 0 Å². The molecule has 24 heavy (non-hydrogen) atoms. The summed E-state index contributed by atoms with van der Waals surface area (Å²) >= 11 is 0. The Morgan fingerprint density at radius 1 is 1.04 bits per heavy atom. The zero-order chi connectivity index (χ0) is 17.4. The molecule has 2 aromatic rings. The van der Waals surface area contributed by atoms with E-state index >= 15 is 0 Å². The number of unbranched alkanes of at least 4 members (excludes halogenated alkanes) is 1. The molecule has 0 aliphatic heterocycles. The Labute approximate surface area is 139 Å². The zero-order valence-electron chi connectivity index (χ0n) is 13.8. The Kier molecular flexibility index (Phi) is 4.48. The second-order valence-electron chi connectivity index (χ2n) is 6.40. The van der Waals surface area contributed by atoms with Crippen molar-refractivity contribution in [2.75, 3.05) is 0 Å². The molecule has 126 valence electrons. The maximum Gasteiger partial charge on any atom is 0.173 e. The van der Waals surface area contributed by atoms with Crippen LogP contribution >= 0.6 is 0 Å². The van der Waals surface area contributed by atoms with Crippen molar-refractivity contribution in [3.05, 3.63) is 69.5 Å². The summed E-state index contributed by atoms with van der Waals surface area (Å²) in [6.45, 7) is 3.48. The van der Waals surface area contributed by atoms with Crippen molar-refractivity contribution in [2.24, 2.45) is 0 Å². The molecule has 1 unspecified atom stereocenters. The van der Waals surface area contributed by atoms with Gasteiger partial charge in [-0.3, -0.25) is 4.79 Å². The lowest BCUT2D eigenvalue weighted by molar-refractivity contribution is 0.0967. The highest BCUT2D eigenvalue weighted by Gasteiger charge is 2.37. The molecule has 0 heterocycles. The van der Waals surface area contributed by atoms with Gasteiger partial charge in [0.1, 0.15) is 5.82 Å². The van der Waals surface area contributed by atoms with Gasteiger partial charge in [0.2, 0.25) is 0 Å². The molecule has 4 heteroatoms. The Morgan fingerprint density at radius 3 is 2.50 bits per heavy atom. The molecule has 0 bridgehead atoms. The van der Waals surface area contributed by atoms with E-state index in [1.165, 1.54) is 19.1 Å². The number of benzene rings is 2. The fourth-order valence-corrected chi connectivity index (χ4v) is 3.32. The maximum absolute atomic E-state index is 14.7. The summed E-state index contributed by atoms with van der Waals surface area (Å²) < 4.78 is 42.8. The van der Waals surface area contributed by atoms with Crippen molar-refractivity contribution >= 4 is 5.78 Å². The van der Waals surface area contributed by atoms with E-state index in [0.29, 0.717) is 17.5 Å². The topological polar surface area (TPSA) is 17.1 Å². The van der Waals surface area contributed by atoms with Crippen LogP contribution in [-0.4, -0.2) is 5.78 Å². The minimum Gasteiger partial charge on any atom is -0.293 e. The molecule has 0 amide bonds. The Bertz CT molecular complexity index is 811. The van der Waals surface area contributed by atoms with Crippen molar-refractivity contribution in [2.45, 2.75) is 45.4 Å². The van der Waals surface area contributed by atoms with E-state index in [0.717, 1.165) is 12.8 Å². The van der Waals surface area contributed by atoms with Gasteiger partial charge < -0.3 is 0 Å². The number of fused-ring (bicyclic) bond motifs is 1. The fourth-order valence-electron chi connectivity index (χ4n) is 3.32. The van der Waals surface area contributed by atoms with Gasteiger partial charge in [0.25, 0.3) is 0 Å². The third kappa shape index (κ3) is 2.64. The van der Waals surface area contributed by atoms with Gasteiger partial charge in [-0.2, -0.15) is 0 Å². The number of carbonyl (C=O) groups is 1. The first-order valence-electron chi connectivity index (χ1n) is 8.24. The van der Waals surface area contributed by atoms with Crippen molar-refractivity contribution in [1.82, 2.24) is 0 Å². The largest absolute Gasteiger partial charge is 0.293 e. The van der Waals surface area contributed by atoms with Crippen molar-refractivity contribution in [3.63, 3.8) is 0 Å². The molecule has 0 radical (unpaired) electrons. The minimum absolute atomic E-state index is 0.00816. The van der Waals surface area contributed by atoms with E-state index in [4.69, 9.17) is 0 Å². The standard InChI is InChI=1S/C20H19F3O/c1-3-4-5-12-7-8-13-10-15(20(24)16(13)18(12)22)14-9-6-11(2)17(21)19(14)23/h6-9,15H,3-5,10H2,1-2H3. The van der Waals surface area contributed by atoms with E-state index in [1.807, 2.05) is 6.92 Å². The van der Waals surface area contributed by atoms with Gasteiger partial charge in [0.15, 0.2) is 17.4 Å². The maximum atomic E-state index is 14.7. The Balaban J connectivity index is 2.00. The second-order valence-corrected chi connectivity index (χ2v) is 6.40. The molecule has 0 fully saturated rings. The van der Waals surface area contributed by atoms with Crippen molar-refractivity contribution in [3.8, 4) is 0 Å². The Hall–Kier alpha value is -2.10. The van der Waals surface area contributed by atoms with E-state index in [1.54, 1.807) is 12.1 Å². The monoisotopic (exact) mass is 332 g/mol. The molecule has 1 nitrogen and oxygen atoms in total. The van der Waals surface area contributed by atoms with Crippen LogP contribution in [0.2, 0.25) is 0 Å². The van der Waals surface area contributed by atoms with Gasteiger partial charge in [-0.1, -0.05) is 37.6 Å². The highest BCUT2D eigenvalue weighted by atomic mass is 19.2. The van der Waals surface area contributed by atoms with Crippen LogP contribution in [0, 0.1) is 24.4 Å². The van der Waals surface area contributed by atoms with Crippen LogP contribution in [0.1, 0.15) is 58.3 Å². The quantitative estimate of drug-likeness (QED) is 0.745. The SMILES string of the molecule is CCCCc1ccc2c(c1F)C(=O)C(c1ccc(C)c(F)c1F)C2. The van der Waals surface area contributed by atoms with E-state index in [-0.39, 0.29) is 23.1 Å². The highest BCUT2D eigenvalue weighted by molar-refractivity contribution is 6.05. The summed E-state index contributed by atoms with van der Waals surface area (Å²) in [5.41, 5.74) is 1.33. The lowest BCUT2D eigenvalue weighted by Gasteiger charge is -2.11. The van der Waals surface area contributed by atoms with Crippen LogP contribution in [0.4, 0.5) is 13.2 Å². The normalized spacial score (nSPS) is 16.5. The number of halogens is 3. The van der Waals surface area contributed by atoms with Crippen LogP contribution in [-0.2, 0) is 12.8 Å². The van der Waals surface area contributed by atoms with Crippen LogP contribution < -0.4 is 0 Å². The molecule has 0 spiro atoms. The summed E-state index contributed by atoms with van der Waals surface area (Å²) in [4.78, 5) is 12.7. The van der Waals surface area contributed by atoms with Crippen LogP contribution in [0.15, 0.2) is 24.3 Å². The summed E-state index contributed by atoms with van der Waals surface area (Å²) in [7, 11) is 0. The number of hydrogen-bond acceptors (Lipinski definition) is 1. The van der Waals surface area contributed by atoms with Gasteiger partial charge in [-0.15, -0.1) is 0 Å². The number of carbonyl (C=O) groups excluding carboxylic acids is 1. The zero-order valence-corrected chi connectivity index (χ0v) is 13.8. The first-order chi connectivity index (χ1) is 11.5. The van der Waals surface area contributed by atoms with Gasteiger partial charge in [-0.05, 0) is 42.9 Å². The van der Waals surface area contributed by atoms with Crippen LogP contribution in [0.5, 0.6) is 0 Å². The summed E-state index contributed by atoms with van der Waals surface area (Å²) in [5, 5.41) is 0. The summed E-state index contributed by atoms with van der Waals surface area (Å²) in [6, 6.07) is 6.32. The first-order valence-corrected chi connectivity index (χ1v) is 8.24. The van der Waals surface area contributed by atoms with Crippen molar-refractivity contribution < 1.29 is 18.0 Å².